The number of thiazole rings is 1. The highest BCUT2D eigenvalue weighted by molar-refractivity contribution is 7.80. The second-order valence-corrected chi connectivity index (χ2v) is 16.6. The van der Waals surface area contributed by atoms with Gasteiger partial charge in [0.05, 0.1) is 29.7 Å². The summed E-state index contributed by atoms with van der Waals surface area (Å²) < 4.78 is 47.6. The maximum absolute atomic E-state index is 13.9. The van der Waals surface area contributed by atoms with Gasteiger partial charge in [0, 0.05) is 36.4 Å². The first-order valence-corrected chi connectivity index (χ1v) is 19.9. The van der Waals surface area contributed by atoms with Crippen LogP contribution in [0.2, 0.25) is 0 Å². The van der Waals surface area contributed by atoms with Crippen LogP contribution in [0.1, 0.15) is 62.2 Å². The molecule has 6 N–H and O–H groups in total. The molecule has 2 atom stereocenters. The minimum Gasteiger partial charge on any atom is -0.724 e. The number of fused-ring (bicyclic) bond motifs is 1. The van der Waals surface area contributed by atoms with Gasteiger partial charge in [-0.3, -0.25) is 19.3 Å². The third-order valence-corrected chi connectivity index (χ3v) is 11.1. The number of hydrogen-bond acceptors (Lipinski definition) is 16. The fourth-order valence-electron chi connectivity index (χ4n) is 6.91. The summed E-state index contributed by atoms with van der Waals surface area (Å²) in [6.07, 6.45) is 2.41. The molecule has 0 spiro atoms. The Morgan fingerprint density at radius 1 is 1.23 bits per heavy atom. The number of Topliss-reactive ketones (excluding diaryl/α,β-unsaturated/α-hetero) is 1. The summed E-state index contributed by atoms with van der Waals surface area (Å²) in [4.78, 5) is 63.4. The van der Waals surface area contributed by atoms with Crippen LogP contribution in [0.4, 0.5) is 10.8 Å². The van der Waals surface area contributed by atoms with Gasteiger partial charge in [0.1, 0.15) is 23.7 Å². The lowest BCUT2D eigenvalue weighted by Crippen LogP contribution is -2.68. The number of aliphatic carboxylic acids is 1. The highest BCUT2D eigenvalue weighted by atomic mass is 32.3. The van der Waals surface area contributed by atoms with Crippen molar-refractivity contribution in [1.82, 2.24) is 20.0 Å². The molecule has 3 aliphatic rings. The number of carbonyl (C=O) groups is 4. The maximum Gasteiger partial charge on any atom is 0.351 e. The van der Waals surface area contributed by atoms with Crippen molar-refractivity contribution in [3.8, 4) is 5.75 Å². The molecule has 2 amide bonds. The van der Waals surface area contributed by atoms with Gasteiger partial charge >= 0.3 is 5.97 Å². The van der Waals surface area contributed by atoms with Crippen molar-refractivity contribution < 1.29 is 55.8 Å². The van der Waals surface area contributed by atoms with E-state index in [1.165, 1.54) is 19.2 Å². The molecular weight excluding hydrogens is 775 g/mol. The zero-order valence-electron chi connectivity index (χ0n) is 31.0. The van der Waals surface area contributed by atoms with Gasteiger partial charge in [0.25, 0.3) is 17.9 Å². The average Bonchev–Trinajstić information content (AvgIpc) is 3.77. The number of benzene rings is 1. The van der Waals surface area contributed by atoms with E-state index in [-0.39, 0.29) is 22.5 Å². The number of amides is 2. The van der Waals surface area contributed by atoms with E-state index in [1.807, 2.05) is 26.2 Å². The Hall–Kier alpha value is -5.00. The Morgan fingerprint density at radius 3 is 2.55 bits per heavy atom. The van der Waals surface area contributed by atoms with E-state index >= 15 is 0 Å². The summed E-state index contributed by atoms with van der Waals surface area (Å²) in [7, 11) is -5.27. The van der Waals surface area contributed by atoms with Crippen LogP contribution in [0.15, 0.2) is 41.1 Å². The van der Waals surface area contributed by atoms with Crippen molar-refractivity contribution in [3.63, 3.8) is 0 Å². The normalized spacial score (nSPS) is 19.7. The molecule has 3 aliphatic heterocycles. The third-order valence-electron chi connectivity index (χ3n) is 10.1. The predicted molar refractivity (Wildman–Crippen MR) is 197 cm³/mol. The Labute approximate surface area is 325 Å². The minimum absolute atomic E-state index is 0.0576. The van der Waals surface area contributed by atoms with Crippen molar-refractivity contribution >= 4 is 61.8 Å². The van der Waals surface area contributed by atoms with E-state index in [0.717, 1.165) is 43.1 Å². The van der Waals surface area contributed by atoms with E-state index in [1.54, 1.807) is 23.1 Å². The van der Waals surface area contributed by atoms with Crippen LogP contribution >= 0.6 is 11.3 Å². The van der Waals surface area contributed by atoms with Gasteiger partial charge in [0.2, 0.25) is 16.6 Å². The molecule has 3 aromatic rings. The van der Waals surface area contributed by atoms with Gasteiger partial charge in [-0.25, -0.2) is 18.2 Å². The quantitative estimate of drug-likeness (QED) is 0.0331. The monoisotopic (exact) mass is 817 g/mol. The van der Waals surface area contributed by atoms with Crippen molar-refractivity contribution in [2.24, 2.45) is 22.7 Å². The van der Waals surface area contributed by atoms with Crippen molar-refractivity contribution in [3.05, 3.63) is 52.8 Å². The van der Waals surface area contributed by atoms with Crippen LogP contribution in [0.3, 0.4) is 0 Å². The molecule has 302 valence electrons. The SMILES string of the molecule is CC1(C)c2cc(OC[C@H](O/N=C(\C(=O)C[C@@H]3C(=O)N(OS(=O)(=O)[O-])C3(C)C)c3csc(N)n3)C(=O)O)ccc2C(=O)N1c1cn(CCCN)[n+](CC2CNC2)c1. The topological polar surface area (TPSA) is 278 Å². The number of aryl methyl sites for hydroxylation is 1. The number of anilines is 2. The molecule has 0 saturated carbocycles. The first kappa shape index (κ1) is 40.7. The molecule has 22 heteroatoms. The van der Waals surface area contributed by atoms with Crippen molar-refractivity contribution in [2.75, 3.05) is 36.9 Å². The van der Waals surface area contributed by atoms with Crippen LogP contribution in [-0.2, 0) is 52.5 Å². The fraction of sp³-hybridized carbons (Fsp3) is 0.500. The summed E-state index contributed by atoms with van der Waals surface area (Å²) >= 11 is 0.966. The Bertz CT molecular complexity index is 2180. The number of nitrogen functional groups attached to an aromatic ring is 1. The number of ether oxygens (including phenoxy) is 1. The predicted octanol–water partition coefficient (Wildman–Crippen LogP) is 0.119. The molecule has 1 aromatic carbocycles. The summed E-state index contributed by atoms with van der Waals surface area (Å²) in [5, 5.41) is 18.9. The van der Waals surface area contributed by atoms with Gasteiger partial charge in [0.15, 0.2) is 23.2 Å². The van der Waals surface area contributed by atoms with E-state index < -0.39 is 69.9 Å². The lowest BCUT2D eigenvalue weighted by molar-refractivity contribution is -0.781. The molecule has 0 radical (unpaired) electrons. The number of nitrogens with one attached hydrogen (secondary N) is 1. The van der Waals surface area contributed by atoms with Crippen LogP contribution in [0.25, 0.3) is 0 Å². The number of nitrogens with zero attached hydrogens (tertiary/aromatic N) is 6. The molecule has 0 bridgehead atoms. The average molecular weight is 818 g/mol. The molecular formula is C34H43N9O11S2. The first-order chi connectivity index (χ1) is 26.3. The van der Waals surface area contributed by atoms with Crippen LogP contribution in [0, 0.1) is 11.8 Å². The number of carboxylic acids is 1. The molecule has 20 nitrogen and oxygen atoms in total. The van der Waals surface area contributed by atoms with E-state index in [0.29, 0.717) is 35.2 Å². The van der Waals surface area contributed by atoms with Crippen LogP contribution in [0.5, 0.6) is 5.75 Å². The lowest BCUT2D eigenvalue weighted by atomic mass is 9.74. The van der Waals surface area contributed by atoms with Gasteiger partial charge in [-0.05, 0) is 64.4 Å². The molecule has 2 saturated heterocycles. The zero-order valence-corrected chi connectivity index (χ0v) is 32.7. The number of oxime groups is 1. The van der Waals surface area contributed by atoms with Gasteiger partial charge < -0.3 is 36.0 Å². The first-order valence-electron chi connectivity index (χ1n) is 17.6. The Kier molecular flexibility index (Phi) is 11.3. The zero-order chi connectivity index (χ0) is 40.7. The Morgan fingerprint density at radius 2 is 1.96 bits per heavy atom. The summed E-state index contributed by atoms with van der Waals surface area (Å²) in [6, 6.07) is 4.84. The highest BCUT2D eigenvalue weighted by Crippen LogP contribution is 2.43. The number of rotatable bonds is 18. The van der Waals surface area contributed by atoms with E-state index in [9.17, 15) is 37.3 Å². The number of ketones is 1. The smallest absolute Gasteiger partial charge is 0.351 e. The molecule has 56 heavy (non-hydrogen) atoms. The number of hydrogen-bond donors (Lipinski definition) is 4. The third kappa shape index (κ3) is 8.11. The van der Waals surface area contributed by atoms with E-state index in [2.05, 4.69) is 29.1 Å². The summed E-state index contributed by atoms with van der Waals surface area (Å²) in [5.41, 5.74) is 10.7. The summed E-state index contributed by atoms with van der Waals surface area (Å²) in [6.45, 7) is 9.89. The van der Waals surface area contributed by atoms with Crippen LogP contribution < -0.4 is 31.1 Å². The molecule has 2 aromatic heterocycles. The van der Waals surface area contributed by atoms with Gasteiger partial charge in [-0.1, -0.05) is 5.16 Å². The summed E-state index contributed by atoms with van der Waals surface area (Å²) in [5.74, 6) is -3.83. The molecule has 6 rings (SSSR count). The number of aromatic nitrogens is 3. The lowest BCUT2D eigenvalue weighted by Gasteiger charge is -2.51. The second kappa shape index (κ2) is 15.5. The Balaban J connectivity index is 1.17. The number of carbonyl (C=O) groups excluding carboxylic acids is 3. The number of β-lactam (4-membered cyclic amide) rings is 1. The van der Waals surface area contributed by atoms with Gasteiger partial charge in [-0.2, -0.15) is 14.0 Å². The maximum atomic E-state index is 13.9. The standard InChI is InChI=1S/C34H43N9O11S2/c1-33(2)23-10-21(6-7-22(23)29(45)42(33)20-15-40(9-5-8-35)41(16-20)14-19-12-37-13-19)52-17-27(31(47)48)53-39-28(25-18-55-32(36)38-25)26(44)11-24-30(46)43(34(24,3)4)54-56(49,50)51/h6-7,10,15-16,18-19,24,27,37H,5,8-9,11-14,17,35H2,1-4H3,(H3-,36,38,47,48,49,50,51)/b39-28-/t24-,27+/m1/s1. The minimum atomic E-state index is -5.27. The van der Waals surface area contributed by atoms with Crippen molar-refractivity contribution in [1.29, 1.82) is 0 Å². The largest absolute Gasteiger partial charge is 0.724 e. The number of hydroxylamine groups is 2. The highest BCUT2D eigenvalue weighted by Gasteiger charge is 2.57. The molecule has 0 unspecified atom stereocenters. The second-order valence-electron chi connectivity index (χ2n) is 14.7. The molecule has 2 fully saturated rings. The molecule has 5 heterocycles. The number of nitrogens with two attached hydrogens (primary N) is 2. The fourth-order valence-corrected chi connectivity index (χ4v) is 7.90. The van der Waals surface area contributed by atoms with Gasteiger partial charge in [-0.15, -0.1) is 16.0 Å². The van der Waals surface area contributed by atoms with E-state index in [4.69, 9.17) is 21.0 Å². The van der Waals surface area contributed by atoms with Crippen LogP contribution in [-0.4, -0.2) is 100.0 Å². The van der Waals surface area contributed by atoms with Crippen molar-refractivity contribution in [2.45, 2.75) is 70.8 Å². The molecule has 0 aliphatic carbocycles. The number of carboxylic acid groups (broad SMARTS) is 1.